The smallest absolute Gasteiger partial charge is 0.176 e. The highest BCUT2D eigenvalue weighted by Crippen LogP contribution is 2.18. The monoisotopic (exact) mass is 244 g/mol. The van der Waals surface area contributed by atoms with Crippen LogP contribution in [0.15, 0.2) is 24.8 Å². The van der Waals surface area contributed by atoms with Gasteiger partial charge in [0.2, 0.25) is 0 Å². The molecule has 3 aromatic rings. The van der Waals surface area contributed by atoms with Crippen molar-refractivity contribution in [2.75, 3.05) is 0 Å². The zero-order valence-corrected chi connectivity index (χ0v) is 9.80. The van der Waals surface area contributed by atoms with Gasteiger partial charge in [-0.15, -0.1) is 10.2 Å². The first-order valence-corrected chi connectivity index (χ1v) is 5.50. The number of nitrogens with zero attached hydrogens (tertiary/aromatic N) is 7. The van der Waals surface area contributed by atoms with E-state index in [2.05, 4.69) is 25.5 Å². The van der Waals surface area contributed by atoms with Crippen LogP contribution < -0.4 is 5.73 Å². The van der Waals surface area contributed by atoms with Crippen molar-refractivity contribution in [2.45, 2.75) is 12.5 Å². The second-order valence-electron chi connectivity index (χ2n) is 4.01. The molecule has 0 bridgehead atoms. The summed E-state index contributed by atoms with van der Waals surface area (Å²) in [5.41, 5.74) is 7.97. The summed E-state index contributed by atoms with van der Waals surface area (Å²) in [5.74, 6) is 0.619. The Morgan fingerprint density at radius 2 is 2.28 bits per heavy atom. The molecule has 8 heteroatoms. The minimum Gasteiger partial charge on any atom is -0.323 e. The summed E-state index contributed by atoms with van der Waals surface area (Å²) in [6, 6.07) is -0.226. The fourth-order valence-corrected chi connectivity index (χ4v) is 1.85. The first-order valence-electron chi connectivity index (χ1n) is 5.50. The van der Waals surface area contributed by atoms with Gasteiger partial charge in [-0.1, -0.05) is 0 Å². The molecule has 2 N–H and O–H groups in total. The second kappa shape index (κ2) is 4.15. The maximum absolute atomic E-state index is 6.15. The molecule has 0 aliphatic carbocycles. The van der Waals surface area contributed by atoms with E-state index in [1.807, 2.05) is 0 Å². The molecule has 1 unspecified atom stereocenters. The first kappa shape index (κ1) is 10.8. The van der Waals surface area contributed by atoms with Crippen LogP contribution in [0.1, 0.15) is 17.4 Å². The lowest BCUT2D eigenvalue weighted by Crippen LogP contribution is -2.14. The quantitative estimate of drug-likeness (QED) is 0.666. The Morgan fingerprint density at radius 3 is 3.06 bits per heavy atom. The van der Waals surface area contributed by atoms with E-state index < -0.39 is 0 Å². The average Bonchev–Trinajstić information content (AvgIpc) is 2.95. The van der Waals surface area contributed by atoms with Gasteiger partial charge in [0.15, 0.2) is 5.82 Å². The van der Waals surface area contributed by atoms with Crippen molar-refractivity contribution in [3.05, 3.63) is 36.2 Å². The van der Waals surface area contributed by atoms with Crippen LogP contribution in [0.3, 0.4) is 0 Å². The van der Waals surface area contributed by atoms with Gasteiger partial charge in [0, 0.05) is 30.4 Å². The van der Waals surface area contributed by atoms with Crippen molar-refractivity contribution in [1.29, 1.82) is 0 Å². The van der Waals surface area contributed by atoms with Crippen molar-refractivity contribution in [2.24, 2.45) is 12.8 Å². The van der Waals surface area contributed by atoms with Crippen molar-refractivity contribution >= 4 is 5.52 Å². The van der Waals surface area contributed by atoms with E-state index in [4.69, 9.17) is 5.73 Å². The minimum absolute atomic E-state index is 0.226. The Bertz CT molecular complexity index is 669. The Morgan fingerprint density at radius 1 is 1.39 bits per heavy atom. The van der Waals surface area contributed by atoms with E-state index >= 15 is 0 Å². The molecule has 3 heterocycles. The largest absolute Gasteiger partial charge is 0.323 e. The molecule has 0 saturated carbocycles. The van der Waals surface area contributed by atoms with Gasteiger partial charge in [-0.25, -0.2) is 4.52 Å². The average molecular weight is 244 g/mol. The summed E-state index contributed by atoms with van der Waals surface area (Å²) >= 11 is 0. The van der Waals surface area contributed by atoms with Gasteiger partial charge < -0.3 is 5.73 Å². The van der Waals surface area contributed by atoms with Gasteiger partial charge in [-0.3, -0.25) is 4.98 Å². The lowest BCUT2D eigenvalue weighted by atomic mass is 10.1. The number of fused-ring (bicyclic) bond motifs is 1. The molecular formula is C10H12N8. The summed E-state index contributed by atoms with van der Waals surface area (Å²) in [7, 11) is 1.72. The summed E-state index contributed by atoms with van der Waals surface area (Å²) in [6.07, 6.45) is 7.47. The van der Waals surface area contributed by atoms with Gasteiger partial charge in [0.25, 0.3) is 0 Å². The van der Waals surface area contributed by atoms with E-state index in [0.717, 1.165) is 11.1 Å². The zero-order chi connectivity index (χ0) is 12.5. The topological polar surface area (TPSA) is 99.8 Å². The highest BCUT2D eigenvalue weighted by molar-refractivity contribution is 5.53. The highest BCUT2D eigenvalue weighted by atomic mass is 15.6. The van der Waals surface area contributed by atoms with Gasteiger partial charge in [0.1, 0.15) is 0 Å². The van der Waals surface area contributed by atoms with Crippen LogP contribution in [0.4, 0.5) is 0 Å². The molecule has 0 radical (unpaired) electrons. The van der Waals surface area contributed by atoms with Crippen LogP contribution in [0.25, 0.3) is 5.52 Å². The molecule has 0 aliphatic heterocycles. The molecular weight excluding hydrogens is 232 g/mol. The summed E-state index contributed by atoms with van der Waals surface area (Å²) in [6.45, 7) is 0. The van der Waals surface area contributed by atoms with E-state index in [0.29, 0.717) is 12.2 Å². The van der Waals surface area contributed by atoms with E-state index in [1.165, 1.54) is 4.80 Å². The van der Waals surface area contributed by atoms with E-state index in [9.17, 15) is 0 Å². The molecule has 0 saturated heterocycles. The molecule has 0 fully saturated rings. The molecule has 0 aliphatic rings. The first-order chi connectivity index (χ1) is 8.74. The van der Waals surface area contributed by atoms with Crippen LogP contribution in [-0.2, 0) is 13.5 Å². The molecule has 0 aromatic carbocycles. The molecule has 0 spiro atoms. The van der Waals surface area contributed by atoms with Crippen molar-refractivity contribution in [1.82, 2.24) is 34.8 Å². The molecule has 0 amide bonds. The minimum atomic E-state index is -0.226. The Labute approximate surface area is 102 Å². The summed E-state index contributed by atoms with van der Waals surface area (Å²) in [5, 5.41) is 16.0. The van der Waals surface area contributed by atoms with Crippen LogP contribution in [0, 0.1) is 0 Å². The third kappa shape index (κ3) is 1.82. The predicted molar refractivity (Wildman–Crippen MR) is 62.4 cm³/mol. The summed E-state index contributed by atoms with van der Waals surface area (Å²) in [4.78, 5) is 5.49. The number of rotatable bonds is 3. The van der Waals surface area contributed by atoms with Crippen molar-refractivity contribution in [3.63, 3.8) is 0 Å². The molecule has 18 heavy (non-hydrogen) atoms. The highest BCUT2D eigenvalue weighted by Gasteiger charge is 2.15. The van der Waals surface area contributed by atoms with E-state index in [-0.39, 0.29) is 6.04 Å². The maximum atomic E-state index is 6.15. The Hall–Kier alpha value is -2.35. The fraction of sp³-hybridized carbons (Fsp3) is 0.300. The fourth-order valence-electron chi connectivity index (χ4n) is 1.85. The SMILES string of the molecule is Cn1nnc(CC(N)c2cnn3ccncc23)n1. The molecule has 8 nitrogen and oxygen atoms in total. The zero-order valence-electron chi connectivity index (χ0n) is 9.80. The van der Waals surface area contributed by atoms with Gasteiger partial charge in [-0.2, -0.15) is 9.90 Å². The molecule has 3 aromatic heterocycles. The number of hydrogen-bond donors (Lipinski definition) is 1. The van der Waals surface area contributed by atoms with Crippen LogP contribution in [0.2, 0.25) is 0 Å². The number of tetrazole rings is 1. The van der Waals surface area contributed by atoms with Crippen LogP contribution in [0.5, 0.6) is 0 Å². The maximum Gasteiger partial charge on any atom is 0.176 e. The molecule has 92 valence electrons. The number of nitrogens with two attached hydrogens (primary N) is 1. The van der Waals surface area contributed by atoms with Gasteiger partial charge in [0.05, 0.1) is 25.0 Å². The van der Waals surface area contributed by atoms with Crippen molar-refractivity contribution < 1.29 is 0 Å². The molecule has 1 atom stereocenters. The molecule has 3 rings (SSSR count). The van der Waals surface area contributed by atoms with Crippen molar-refractivity contribution in [3.8, 4) is 0 Å². The van der Waals surface area contributed by atoms with E-state index in [1.54, 1.807) is 36.4 Å². The lowest BCUT2D eigenvalue weighted by Gasteiger charge is -2.06. The predicted octanol–water partition coefficient (Wildman–Crippen LogP) is -0.505. The lowest BCUT2D eigenvalue weighted by molar-refractivity contribution is 0.623. The number of aryl methyl sites for hydroxylation is 1. The number of hydrogen-bond acceptors (Lipinski definition) is 6. The third-order valence-electron chi connectivity index (χ3n) is 2.71. The Balaban J connectivity index is 1.90. The summed E-state index contributed by atoms with van der Waals surface area (Å²) < 4.78 is 1.74. The van der Waals surface area contributed by atoms with Crippen LogP contribution in [-0.4, -0.2) is 34.8 Å². The standard InChI is InChI=1S/C10H12N8/c1-17-15-10(14-16-17)4-8(11)7-5-13-18-3-2-12-6-9(7)18/h2-3,5-6,8H,4,11H2,1H3. The van der Waals surface area contributed by atoms with Gasteiger partial charge in [-0.05, 0) is 5.21 Å². The second-order valence-corrected chi connectivity index (χ2v) is 4.01. The third-order valence-corrected chi connectivity index (χ3v) is 2.71. The number of aromatic nitrogens is 7. The normalized spacial score (nSPS) is 13.0. The Kier molecular flexibility index (Phi) is 2.49. The van der Waals surface area contributed by atoms with Gasteiger partial charge >= 0.3 is 0 Å². The van der Waals surface area contributed by atoms with Crippen LogP contribution >= 0.6 is 0 Å².